The van der Waals surface area contributed by atoms with Gasteiger partial charge < -0.3 is 39.3 Å². The fourth-order valence-electron chi connectivity index (χ4n) is 5.67. The number of ether oxygens (including phenoxy) is 3. The number of aliphatic hydroxyl groups excluding tert-OH is 1. The number of methoxy groups -OCH3 is 2. The monoisotopic (exact) mass is 688 g/mol. The van der Waals surface area contributed by atoms with Crippen LogP contribution in [0.2, 0.25) is 0 Å². The summed E-state index contributed by atoms with van der Waals surface area (Å²) < 4.78 is 22.7. The molecule has 15 nitrogen and oxygen atoms in total. The molecule has 5 rings (SSSR count). The number of benzene rings is 2. The van der Waals surface area contributed by atoms with E-state index < -0.39 is 42.6 Å². The highest BCUT2D eigenvalue weighted by Gasteiger charge is 2.36. The molecule has 15 heteroatoms. The minimum absolute atomic E-state index is 0.0168. The molecule has 1 fully saturated rings. The van der Waals surface area contributed by atoms with Gasteiger partial charge in [0.25, 0.3) is 5.91 Å². The van der Waals surface area contributed by atoms with Crippen molar-refractivity contribution in [1.29, 1.82) is 0 Å². The SMILES string of the molecule is COC(=O)c1c(CC[C@@H](CO)NC(=O)N[C@@H](Cc2ccccc2)Cn2cc(-c3ccccc3)nn2)oc(C(=O)N2CCOCC2)c1C(=O)OC. The summed E-state index contributed by atoms with van der Waals surface area (Å²) in [4.78, 5) is 53.9. The predicted molar refractivity (Wildman–Crippen MR) is 178 cm³/mol. The number of aromatic nitrogens is 3. The summed E-state index contributed by atoms with van der Waals surface area (Å²) in [5.74, 6) is -2.82. The van der Waals surface area contributed by atoms with Gasteiger partial charge in [-0.2, -0.15) is 0 Å². The van der Waals surface area contributed by atoms with Crippen molar-refractivity contribution < 1.29 is 42.9 Å². The number of aryl methyl sites for hydroxylation is 1. The lowest BCUT2D eigenvalue weighted by Crippen LogP contribution is -2.49. The van der Waals surface area contributed by atoms with Gasteiger partial charge in [-0.3, -0.25) is 4.79 Å². The normalized spacial score (nSPS) is 14.0. The van der Waals surface area contributed by atoms with Crippen LogP contribution >= 0.6 is 0 Å². The number of hydrogen-bond acceptors (Lipinski definition) is 11. The summed E-state index contributed by atoms with van der Waals surface area (Å²) in [6.07, 6.45) is 2.35. The topological polar surface area (TPSA) is 187 Å². The van der Waals surface area contributed by atoms with Crippen LogP contribution in [-0.2, 0) is 33.6 Å². The van der Waals surface area contributed by atoms with Crippen LogP contribution < -0.4 is 10.6 Å². The van der Waals surface area contributed by atoms with Crippen molar-refractivity contribution in [3.8, 4) is 11.3 Å². The molecule has 0 radical (unpaired) electrons. The zero-order valence-electron chi connectivity index (χ0n) is 27.9. The molecule has 0 aliphatic carbocycles. The molecule has 3 heterocycles. The molecule has 264 valence electrons. The van der Waals surface area contributed by atoms with E-state index in [1.54, 1.807) is 4.68 Å². The van der Waals surface area contributed by atoms with Crippen molar-refractivity contribution in [1.82, 2.24) is 30.5 Å². The Morgan fingerprint density at radius 2 is 1.54 bits per heavy atom. The Bertz CT molecular complexity index is 1750. The highest BCUT2D eigenvalue weighted by atomic mass is 16.5. The van der Waals surface area contributed by atoms with Gasteiger partial charge in [0.2, 0.25) is 5.76 Å². The van der Waals surface area contributed by atoms with Crippen molar-refractivity contribution in [2.45, 2.75) is 37.9 Å². The number of rotatable bonds is 14. The van der Waals surface area contributed by atoms with Gasteiger partial charge in [0.1, 0.15) is 22.6 Å². The third-order valence-electron chi connectivity index (χ3n) is 8.20. The second-order valence-electron chi connectivity index (χ2n) is 11.6. The Labute approximate surface area is 288 Å². The first kappa shape index (κ1) is 35.8. The largest absolute Gasteiger partial charge is 0.465 e. The Morgan fingerprint density at radius 3 is 2.20 bits per heavy atom. The first-order valence-corrected chi connectivity index (χ1v) is 16.2. The summed E-state index contributed by atoms with van der Waals surface area (Å²) in [6.45, 7) is 1.02. The molecule has 0 saturated carbocycles. The second-order valence-corrected chi connectivity index (χ2v) is 11.6. The lowest BCUT2D eigenvalue weighted by atomic mass is 10.0. The smallest absolute Gasteiger partial charge is 0.342 e. The molecule has 3 amide bonds. The Hall–Kier alpha value is -5.54. The van der Waals surface area contributed by atoms with E-state index in [0.29, 0.717) is 31.9 Å². The van der Waals surface area contributed by atoms with Crippen LogP contribution in [0.25, 0.3) is 11.3 Å². The number of carbonyl (C=O) groups excluding carboxylic acids is 4. The minimum Gasteiger partial charge on any atom is -0.465 e. The van der Waals surface area contributed by atoms with Crippen LogP contribution in [0.5, 0.6) is 0 Å². The summed E-state index contributed by atoms with van der Waals surface area (Å²) in [5.41, 5.74) is 2.02. The van der Waals surface area contributed by atoms with E-state index in [2.05, 4.69) is 20.9 Å². The number of nitrogens with one attached hydrogen (secondary N) is 2. The molecule has 1 saturated heterocycles. The van der Waals surface area contributed by atoms with Gasteiger partial charge in [0.05, 0.1) is 58.9 Å². The number of furan rings is 1. The van der Waals surface area contributed by atoms with Gasteiger partial charge in [-0.15, -0.1) is 5.10 Å². The first-order chi connectivity index (χ1) is 24.3. The van der Waals surface area contributed by atoms with Gasteiger partial charge >= 0.3 is 18.0 Å². The van der Waals surface area contributed by atoms with E-state index in [1.165, 1.54) is 4.90 Å². The molecule has 2 aromatic carbocycles. The van der Waals surface area contributed by atoms with E-state index in [4.69, 9.17) is 18.6 Å². The number of aliphatic hydroxyl groups is 1. The van der Waals surface area contributed by atoms with Crippen LogP contribution in [0.1, 0.15) is 49.0 Å². The molecule has 0 spiro atoms. The quantitative estimate of drug-likeness (QED) is 0.165. The van der Waals surface area contributed by atoms with E-state index in [-0.39, 0.29) is 48.6 Å². The number of carbonyl (C=O) groups is 4. The standard InChI is InChI=1S/C35H40N6O9/c1-47-33(44)29-28(50-31(30(29)34(45)48-2)32(43)40-15-17-49-18-16-40)14-13-25(22-42)36-35(46)37-26(19-23-9-5-3-6-10-23)20-41-21-27(38-39-41)24-11-7-4-8-12-24/h3-12,21,25-26,42H,13-20,22H2,1-2H3,(H2,36,37,46)/t25-,26-/m0/s1. The van der Waals surface area contributed by atoms with Crippen molar-refractivity contribution in [3.63, 3.8) is 0 Å². The fourth-order valence-corrected chi connectivity index (χ4v) is 5.67. The van der Waals surface area contributed by atoms with E-state index >= 15 is 0 Å². The van der Waals surface area contributed by atoms with Crippen LogP contribution in [-0.4, -0.2) is 108 Å². The summed E-state index contributed by atoms with van der Waals surface area (Å²) >= 11 is 0. The Balaban J connectivity index is 1.30. The van der Waals surface area contributed by atoms with E-state index in [0.717, 1.165) is 25.3 Å². The maximum Gasteiger partial charge on any atom is 0.342 e. The third-order valence-corrected chi connectivity index (χ3v) is 8.20. The average Bonchev–Trinajstić information content (AvgIpc) is 3.78. The van der Waals surface area contributed by atoms with Gasteiger partial charge in [0, 0.05) is 25.1 Å². The molecule has 2 atom stereocenters. The average molecular weight is 689 g/mol. The molecule has 50 heavy (non-hydrogen) atoms. The molecule has 2 aromatic heterocycles. The van der Waals surface area contributed by atoms with Crippen molar-refractivity contribution in [2.24, 2.45) is 0 Å². The zero-order valence-corrected chi connectivity index (χ0v) is 27.9. The van der Waals surface area contributed by atoms with Crippen LogP contribution in [0.4, 0.5) is 4.79 Å². The number of esters is 2. The minimum atomic E-state index is -0.944. The second kappa shape index (κ2) is 17.2. The number of amides is 3. The lowest BCUT2D eigenvalue weighted by molar-refractivity contribution is 0.0277. The molecule has 4 aromatic rings. The molecule has 0 bridgehead atoms. The third kappa shape index (κ3) is 8.92. The number of nitrogens with zero attached hydrogens (tertiary/aromatic N) is 4. The highest BCUT2D eigenvalue weighted by molar-refractivity contribution is 6.11. The van der Waals surface area contributed by atoms with Crippen molar-refractivity contribution in [2.75, 3.05) is 47.1 Å². The Morgan fingerprint density at radius 1 is 0.900 bits per heavy atom. The van der Waals surface area contributed by atoms with Gasteiger partial charge in [-0.25, -0.2) is 19.1 Å². The zero-order chi connectivity index (χ0) is 35.5. The molecule has 3 N–H and O–H groups in total. The van der Waals surface area contributed by atoms with E-state index in [9.17, 15) is 24.3 Å². The van der Waals surface area contributed by atoms with Crippen LogP contribution in [0.15, 0.2) is 71.3 Å². The molecule has 1 aliphatic heterocycles. The molecule has 0 unspecified atom stereocenters. The van der Waals surface area contributed by atoms with Crippen molar-refractivity contribution >= 4 is 23.9 Å². The summed E-state index contributed by atoms with van der Waals surface area (Å²) in [6, 6.07) is 17.6. The fraction of sp³-hybridized carbons (Fsp3) is 0.371. The van der Waals surface area contributed by atoms with Gasteiger partial charge in [-0.1, -0.05) is 65.9 Å². The summed E-state index contributed by atoms with van der Waals surface area (Å²) in [5, 5.41) is 24.5. The van der Waals surface area contributed by atoms with E-state index in [1.807, 2.05) is 66.9 Å². The number of morpholine rings is 1. The van der Waals surface area contributed by atoms with Crippen LogP contribution in [0.3, 0.4) is 0 Å². The number of hydrogen-bond donors (Lipinski definition) is 3. The summed E-state index contributed by atoms with van der Waals surface area (Å²) in [7, 11) is 2.26. The molecular weight excluding hydrogens is 648 g/mol. The van der Waals surface area contributed by atoms with Gasteiger partial charge in [0.15, 0.2) is 0 Å². The van der Waals surface area contributed by atoms with Gasteiger partial charge in [-0.05, 0) is 18.4 Å². The number of urea groups is 1. The molecule has 1 aliphatic rings. The maximum atomic E-state index is 13.4. The highest BCUT2D eigenvalue weighted by Crippen LogP contribution is 2.28. The van der Waals surface area contributed by atoms with Crippen molar-refractivity contribution in [3.05, 3.63) is 95.1 Å². The molecular formula is C35H40N6O9. The maximum absolute atomic E-state index is 13.4. The van der Waals surface area contributed by atoms with Crippen LogP contribution in [0, 0.1) is 0 Å². The predicted octanol–water partition coefficient (Wildman–Crippen LogP) is 2.49. The first-order valence-electron chi connectivity index (χ1n) is 16.2. The lowest BCUT2D eigenvalue weighted by Gasteiger charge is -2.26. The Kier molecular flexibility index (Phi) is 12.3.